The Hall–Kier alpha value is -2.87. The maximum absolute atomic E-state index is 13.1. The van der Waals surface area contributed by atoms with Crippen molar-refractivity contribution in [2.24, 2.45) is 0 Å². The predicted octanol–water partition coefficient (Wildman–Crippen LogP) is 5.41. The van der Waals surface area contributed by atoms with Gasteiger partial charge in [0.25, 0.3) is 5.56 Å². The molecule has 7 nitrogen and oxygen atoms in total. The maximum atomic E-state index is 13.1. The van der Waals surface area contributed by atoms with Gasteiger partial charge in [-0.1, -0.05) is 40.9 Å². The van der Waals surface area contributed by atoms with Gasteiger partial charge in [0.1, 0.15) is 16.9 Å². The van der Waals surface area contributed by atoms with Crippen LogP contribution in [-0.2, 0) is 6.42 Å². The average molecular weight is 486 g/mol. The van der Waals surface area contributed by atoms with Crippen LogP contribution in [0.2, 0.25) is 15.1 Å². The second kappa shape index (κ2) is 7.33. The van der Waals surface area contributed by atoms with Crippen molar-refractivity contribution >= 4 is 56.7 Å². The fourth-order valence-electron chi connectivity index (χ4n) is 4.01. The van der Waals surface area contributed by atoms with Gasteiger partial charge in [-0.05, 0) is 42.7 Å². The van der Waals surface area contributed by atoms with Gasteiger partial charge in [0, 0.05) is 22.7 Å². The van der Waals surface area contributed by atoms with Crippen molar-refractivity contribution in [1.29, 1.82) is 0 Å². The monoisotopic (exact) mass is 484 g/mol. The van der Waals surface area contributed by atoms with Gasteiger partial charge >= 0.3 is 0 Å². The number of hydrogen-bond donors (Lipinski definition) is 2. The van der Waals surface area contributed by atoms with Crippen LogP contribution in [0.25, 0.3) is 27.6 Å². The van der Waals surface area contributed by atoms with E-state index in [1.54, 1.807) is 23.0 Å². The van der Waals surface area contributed by atoms with Crippen LogP contribution >= 0.6 is 34.8 Å². The molecule has 0 aliphatic heterocycles. The zero-order chi connectivity index (χ0) is 22.0. The van der Waals surface area contributed by atoms with Crippen molar-refractivity contribution in [3.05, 3.63) is 79.0 Å². The molecule has 5 aromatic rings. The summed E-state index contributed by atoms with van der Waals surface area (Å²) in [5.74, 6) is 0.760. The van der Waals surface area contributed by atoms with E-state index in [-0.39, 0.29) is 11.5 Å². The highest BCUT2D eigenvalue weighted by Crippen LogP contribution is 2.43. The first-order valence-electron chi connectivity index (χ1n) is 10.1. The summed E-state index contributed by atoms with van der Waals surface area (Å²) < 4.78 is 1.57. The lowest BCUT2D eigenvalue weighted by atomic mass is 10.1. The van der Waals surface area contributed by atoms with E-state index < -0.39 is 0 Å². The molecule has 2 aromatic carbocycles. The fraction of sp³-hybridized carbons (Fsp3) is 0.182. The molecule has 160 valence electrons. The Bertz CT molecular complexity index is 1560. The number of rotatable bonds is 4. The van der Waals surface area contributed by atoms with Crippen LogP contribution in [0.1, 0.15) is 35.8 Å². The number of benzene rings is 2. The molecule has 32 heavy (non-hydrogen) atoms. The highest BCUT2D eigenvalue weighted by Gasteiger charge is 2.32. The van der Waals surface area contributed by atoms with Gasteiger partial charge in [-0.2, -0.15) is 10.2 Å². The molecule has 1 fully saturated rings. The van der Waals surface area contributed by atoms with Gasteiger partial charge in [-0.15, -0.1) is 0 Å². The largest absolute Gasteiger partial charge is 0.310 e. The molecule has 0 radical (unpaired) electrons. The number of H-pyrrole nitrogens is 2. The van der Waals surface area contributed by atoms with E-state index in [0.717, 1.165) is 35.0 Å². The zero-order valence-corrected chi connectivity index (χ0v) is 18.8. The van der Waals surface area contributed by atoms with E-state index in [9.17, 15) is 4.79 Å². The van der Waals surface area contributed by atoms with E-state index in [2.05, 4.69) is 15.2 Å². The van der Waals surface area contributed by atoms with E-state index in [1.165, 1.54) is 0 Å². The van der Waals surface area contributed by atoms with Crippen LogP contribution in [0.5, 0.6) is 0 Å². The number of nitrogens with zero attached hydrogens (tertiary/aromatic N) is 4. The van der Waals surface area contributed by atoms with E-state index in [0.29, 0.717) is 44.0 Å². The third-order valence-corrected chi connectivity index (χ3v) is 6.44. The molecular formula is C22H15Cl3N6O. The number of aromatic nitrogens is 6. The molecule has 0 unspecified atom stereocenters. The smallest absolute Gasteiger partial charge is 0.262 e. The van der Waals surface area contributed by atoms with Crippen LogP contribution in [0.3, 0.4) is 0 Å². The van der Waals surface area contributed by atoms with Crippen LogP contribution < -0.4 is 5.56 Å². The highest BCUT2D eigenvalue weighted by atomic mass is 35.5. The van der Waals surface area contributed by atoms with Crippen molar-refractivity contribution in [3.8, 4) is 5.69 Å². The van der Waals surface area contributed by atoms with Crippen LogP contribution in [-0.4, -0.2) is 29.9 Å². The molecule has 1 saturated carbocycles. The van der Waals surface area contributed by atoms with Crippen molar-refractivity contribution in [2.45, 2.75) is 25.2 Å². The molecule has 2 N–H and O–H groups in total. The van der Waals surface area contributed by atoms with Crippen molar-refractivity contribution in [2.75, 3.05) is 0 Å². The number of hydrogen-bond acceptors (Lipinski definition) is 4. The van der Waals surface area contributed by atoms with Crippen LogP contribution in [0.15, 0.2) is 41.3 Å². The molecule has 0 atom stereocenters. The normalized spacial score (nSPS) is 14.0. The maximum Gasteiger partial charge on any atom is 0.262 e. The van der Waals surface area contributed by atoms with Crippen LogP contribution in [0.4, 0.5) is 0 Å². The Morgan fingerprint density at radius 3 is 2.62 bits per heavy atom. The Labute approximate surface area is 196 Å². The minimum Gasteiger partial charge on any atom is -0.310 e. The van der Waals surface area contributed by atoms with Crippen molar-refractivity contribution in [3.63, 3.8) is 0 Å². The molecule has 3 heterocycles. The van der Waals surface area contributed by atoms with Crippen molar-refractivity contribution in [1.82, 2.24) is 29.9 Å². The molecule has 6 rings (SSSR count). The molecule has 0 amide bonds. The lowest BCUT2D eigenvalue weighted by Gasteiger charge is -2.09. The molecule has 1 aliphatic carbocycles. The van der Waals surface area contributed by atoms with Gasteiger partial charge in [0.15, 0.2) is 5.65 Å². The summed E-state index contributed by atoms with van der Waals surface area (Å²) in [5, 5.41) is 14.3. The molecule has 0 spiro atoms. The summed E-state index contributed by atoms with van der Waals surface area (Å²) in [5.41, 5.74) is 3.34. The first kappa shape index (κ1) is 19.8. The lowest BCUT2D eigenvalue weighted by Crippen LogP contribution is -2.13. The minimum atomic E-state index is -0.219. The first-order valence-corrected chi connectivity index (χ1v) is 11.2. The van der Waals surface area contributed by atoms with Gasteiger partial charge in [0.2, 0.25) is 0 Å². The molecule has 0 saturated heterocycles. The zero-order valence-electron chi connectivity index (χ0n) is 16.5. The number of nitrogens with one attached hydrogen (secondary N) is 2. The quantitative estimate of drug-likeness (QED) is 0.356. The Morgan fingerprint density at radius 1 is 1.09 bits per heavy atom. The Morgan fingerprint density at radius 2 is 1.88 bits per heavy atom. The van der Waals surface area contributed by atoms with E-state index in [4.69, 9.17) is 44.9 Å². The standard InChI is InChI=1S/C22H15Cl3N6O/c23-13-7-14(24)20(15(25)8-13)31-21-18(19(30-31)11-2-3-11)22(32)28-17(27-21)6-10-1-4-16-12(5-10)9-26-29-16/h1,4-5,7-9,11H,2-3,6H2,(H,26,29)(H,27,28,32). The Balaban J connectivity index is 1.54. The van der Waals surface area contributed by atoms with Crippen LogP contribution in [0, 0.1) is 0 Å². The van der Waals surface area contributed by atoms with E-state index >= 15 is 0 Å². The topological polar surface area (TPSA) is 92.2 Å². The highest BCUT2D eigenvalue weighted by molar-refractivity contribution is 6.40. The number of halogens is 3. The summed E-state index contributed by atoms with van der Waals surface area (Å²) in [6, 6.07) is 9.15. The molecule has 3 aromatic heterocycles. The second-order valence-electron chi connectivity index (χ2n) is 7.97. The third-order valence-electron chi connectivity index (χ3n) is 5.65. The lowest BCUT2D eigenvalue weighted by molar-refractivity contribution is 0.845. The van der Waals surface area contributed by atoms with Gasteiger partial charge in [0.05, 0.1) is 27.5 Å². The molecule has 10 heteroatoms. The molecular weight excluding hydrogens is 471 g/mol. The molecule has 1 aliphatic rings. The summed E-state index contributed by atoms with van der Waals surface area (Å²) in [7, 11) is 0. The predicted molar refractivity (Wildman–Crippen MR) is 125 cm³/mol. The third kappa shape index (κ3) is 3.28. The van der Waals surface area contributed by atoms with Gasteiger partial charge < -0.3 is 4.98 Å². The summed E-state index contributed by atoms with van der Waals surface area (Å²) in [4.78, 5) is 20.8. The van der Waals surface area contributed by atoms with Gasteiger partial charge in [-0.3, -0.25) is 9.89 Å². The number of aromatic amines is 2. The van der Waals surface area contributed by atoms with Gasteiger partial charge in [-0.25, -0.2) is 9.67 Å². The fourth-order valence-corrected chi connectivity index (χ4v) is 4.99. The Kier molecular flexibility index (Phi) is 4.54. The first-order chi connectivity index (χ1) is 15.5. The summed E-state index contributed by atoms with van der Waals surface area (Å²) in [6.45, 7) is 0. The SMILES string of the molecule is O=c1[nH]c(Cc2ccc3[nH]ncc3c2)nc2c1c(C1CC1)nn2-c1c(Cl)cc(Cl)cc1Cl. The summed E-state index contributed by atoms with van der Waals surface area (Å²) in [6.07, 6.45) is 4.18. The molecule has 0 bridgehead atoms. The second-order valence-corrected chi connectivity index (χ2v) is 9.22. The minimum absolute atomic E-state index is 0.219. The van der Waals surface area contributed by atoms with Crippen molar-refractivity contribution < 1.29 is 0 Å². The van der Waals surface area contributed by atoms with E-state index in [1.807, 2.05) is 18.2 Å². The number of fused-ring (bicyclic) bond motifs is 2. The summed E-state index contributed by atoms with van der Waals surface area (Å²) >= 11 is 19.0. The average Bonchev–Trinajstić information content (AvgIpc) is 3.35.